The number of carbonyl (C=O) groups is 1. The number of sulfone groups is 1. The molecule has 2 rings (SSSR count). The number of amides is 1. The first kappa shape index (κ1) is 18.2. The second-order valence-electron chi connectivity index (χ2n) is 5.96. The van der Waals surface area contributed by atoms with Gasteiger partial charge in [0.25, 0.3) is 0 Å². The van der Waals surface area contributed by atoms with E-state index in [-0.39, 0.29) is 17.2 Å². The van der Waals surface area contributed by atoms with Crippen LogP contribution < -0.4 is 5.32 Å². The standard InChI is InChI=1S/C17H23N3O3S/c1-5-14-11-16(20(4)19-14)18-17(21)10-13-6-8-15(9-7-13)24(22,23)12(2)3/h6-9,11-12H,5,10H2,1-4H3,(H,18,21). The van der Waals surface area contributed by atoms with Crippen molar-refractivity contribution in [3.8, 4) is 0 Å². The van der Waals surface area contributed by atoms with Gasteiger partial charge in [0.1, 0.15) is 5.82 Å². The van der Waals surface area contributed by atoms with Crippen LogP contribution in [0.4, 0.5) is 5.82 Å². The van der Waals surface area contributed by atoms with Crippen molar-refractivity contribution in [1.82, 2.24) is 9.78 Å². The van der Waals surface area contributed by atoms with Crippen LogP contribution in [-0.2, 0) is 34.5 Å². The minimum Gasteiger partial charge on any atom is -0.311 e. The van der Waals surface area contributed by atoms with Crippen LogP contribution in [0.25, 0.3) is 0 Å². The van der Waals surface area contributed by atoms with E-state index in [1.807, 2.05) is 13.0 Å². The fourth-order valence-electron chi connectivity index (χ4n) is 2.26. The van der Waals surface area contributed by atoms with Crippen LogP contribution in [0, 0.1) is 0 Å². The highest BCUT2D eigenvalue weighted by Gasteiger charge is 2.19. The molecule has 7 heteroatoms. The summed E-state index contributed by atoms with van der Waals surface area (Å²) in [6, 6.07) is 8.30. The highest BCUT2D eigenvalue weighted by atomic mass is 32.2. The molecule has 0 aliphatic carbocycles. The molecule has 1 aromatic carbocycles. The van der Waals surface area contributed by atoms with Gasteiger partial charge in [0.15, 0.2) is 9.84 Å². The van der Waals surface area contributed by atoms with E-state index in [1.165, 1.54) is 0 Å². The van der Waals surface area contributed by atoms with Gasteiger partial charge in [-0.2, -0.15) is 5.10 Å². The van der Waals surface area contributed by atoms with Crippen LogP contribution in [0.5, 0.6) is 0 Å². The summed E-state index contributed by atoms with van der Waals surface area (Å²) in [6.07, 6.45) is 0.976. The molecular formula is C17H23N3O3S. The third-order valence-electron chi connectivity index (χ3n) is 3.80. The fourth-order valence-corrected chi connectivity index (χ4v) is 3.32. The van der Waals surface area contributed by atoms with E-state index >= 15 is 0 Å². The lowest BCUT2D eigenvalue weighted by Gasteiger charge is -2.09. The summed E-state index contributed by atoms with van der Waals surface area (Å²) in [5.41, 5.74) is 1.67. The number of nitrogens with zero attached hydrogens (tertiary/aromatic N) is 2. The van der Waals surface area contributed by atoms with E-state index in [9.17, 15) is 13.2 Å². The molecule has 2 aromatic rings. The van der Waals surface area contributed by atoms with Gasteiger partial charge in [-0.25, -0.2) is 8.42 Å². The van der Waals surface area contributed by atoms with Crippen molar-refractivity contribution >= 4 is 21.6 Å². The number of carbonyl (C=O) groups excluding carboxylic acids is 1. The SMILES string of the molecule is CCc1cc(NC(=O)Cc2ccc(S(=O)(=O)C(C)C)cc2)n(C)n1. The number of anilines is 1. The van der Waals surface area contributed by atoms with Gasteiger partial charge < -0.3 is 5.32 Å². The first-order valence-electron chi connectivity index (χ1n) is 7.89. The van der Waals surface area contributed by atoms with Crippen LogP contribution in [-0.4, -0.2) is 29.4 Å². The zero-order valence-corrected chi connectivity index (χ0v) is 15.2. The van der Waals surface area contributed by atoms with Gasteiger partial charge in [-0.3, -0.25) is 9.48 Å². The molecule has 1 amide bonds. The molecule has 0 unspecified atom stereocenters. The third kappa shape index (κ3) is 4.03. The van der Waals surface area contributed by atoms with Crippen molar-refractivity contribution in [2.75, 3.05) is 5.32 Å². The van der Waals surface area contributed by atoms with E-state index < -0.39 is 15.1 Å². The lowest BCUT2D eigenvalue weighted by Crippen LogP contribution is -2.17. The third-order valence-corrected chi connectivity index (χ3v) is 5.97. The van der Waals surface area contributed by atoms with Gasteiger partial charge in [0.05, 0.1) is 22.3 Å². The van der Waals surface area contributed by atoms with Crippen molar-refractivity contribution < 1.29 is 13.2 Å². The maximum atomic E-state index is 12.2. The maximum absolute atomic E-state index is 12.2. The van der Waals surface area contributed by atoms with E-state index in [0.29, 0.717) is 5.82 Å². The fraction of sp³-hybridized carbons (Fsp3) is 0.412. The molecular weight excluding hydrogens is 326 g/mol. The zero-order chi connectivity index (χ0) is 17.9. The maximum Gasteiger partial charge on any atom is 0.229 e. The number of aryl methyl sites for hydroxylation is 2. The lowest BCUT2D eigenvalue weighted by atomic mass is 10.1. The van der Waals surface area contributed by atoms with E-state index in [1.54, 1.807) is 49.8 Å². The lowest BCUT2D eigenvalue weighted by molar-refractivity contribution is -0.115. The minimum atomic E-state index is -3.29. The summed E-state index contributed by atoms with van der Waals surface area (Å²) in [4.78, 5) is 12.4. The highest BCUT2D eigenvalue weighted by molar-refractivity contribution is 7.92. The second-order valence-corrected chi connectivity index (χ2v) is 8.46. The quantitative estimate of drug-likeness (QED) is 0.868. The molecule has 130 valence electrons. The molecule has 0 radical (unpaired) electrons. The number of rotatable bonds is 6. The van der Waals surface area contributed by atoms with Crippen LogP contribution >= 0.6 is 0 Å². The monoisotopic (exact) mass is 349 g/mol. The Morgan fingerprint density at radius 3 is 2.38 bits per heavy atom. The van der Waals surface area contributed by atoms with Crippen molar-refractivity contribution in [2.45, 2.75) is 43.8 Å². The first-order chi connectivity index (χ1) is 11.2. The Morgan fingerprint density at radius 2 is 1.88 bits per heavy atom. The summed E-state index contributed by atoms with van der Waals surface area (Å²) in [5.74, 6) is 0.482. The number of hydrogen-bond acceptors (Lipinski definition) is 4. The first-order valence-corrected chi connectivity index (χ1v) is 9.44. The molecule has 0 aliphatic rings. The molecule has 0 spiro atoms. The van der Waals surface area contributed by atoms with Crippen LogP contribution in [0.1, 0.15) is 32.0 Å². The number of aromatic nitrogens is 2. The Hall–Kier alpha value is -2.15. The number of nitrogens with one attached hydrogen (secondary N) is 1. The van der Waals surface area contributed by atoms with Crippen LogP contribution in [0.3, 0.4) is 0 Å². The van der Waals surface area contributed by atoms with E-state index in [4.69, 9.17) is 0 Å². The molecule has 0 aliphatic heterocycles. The predicted molar refractivity (Wildman–Crippen MR) is 93.7 cm³/mol. The van der Waals surface area contributed by atoms with E-state index in [2.05, 4.69) is 10.4 Å². The molecule has 0 saturated heterocycles. The van der Waals surface area contributed by atoms with Gasteiger partial charge in [-0.15, -0.1) is 0 Å². The van der Waals surface area contributed by atoms with Crippen molar-refractivity contribution in [1.29, 1.82) is 0 Å². The normalized spacial score (nSPS) is 11.7. The summed E-state index contributed by atoms with van der Waals surface area (Å²) >= 11 is 0. The molecule has 1 N–H and O–H groups in total. The Labute approximate surface area is 142 Å². The summed E-state index contributed by atoms with van der Waals surface area (Å²) in [7, 11) is -1.51. The van der Waals surface area contributed by atoms with Crippen LogP contribution in [0.15, 0.2) is 35.2 Å². The zero-order valence-electron chi connectivity index (χ0n) is 14.4. The highest BCUT2D eigenvalue weighted by Crippen LogP contribution is 2.17. The number of hydrogen-bond donors (Lipinski definition) is 1. The molecule has 0 atom stereocenters. The molecule has 0 saturated carbocycles. The average molecular weight is 349 g/mol. The van der Waals surface area contributed by atoms with Gasteiger partial charge in [-0.1, -0.05) is 19.1 Å². The van der Waals surface area contributed by atoms with Gasteiger partial charge in [0, 0.05) is 13.1 Å². The van der Waals surface area contributed by atoms with Crippen molar-refractivity contribution in [3.63, 3.8) is 0 Å². The molecule has 6 nitrogen and oxygen atoms in total. The minimum absolute atomic E-state index is 0.167. The molecule has 24 heavy (non-hydrogen) atoms. The van der Waals surface area contributed by atoms with Crippen molar-refractivity contribution in [3.05, 3.63) is 41.6 Å². The van der Waals surface area contributed by atoms with Gasteiger partial charge in [-0.05, 0) is 38.0 Å². The number of benzene rings is 1. The van der Waals surface area contributed by atoms with E-state index in [0.717, 1.165) is 17.7 Å². The van der Waals surface area contributed by atoms with Gasteiger partial charge >= 0.3 is 0 Å². The molecule has 0 bridgehead atoms. The Kier molecular flexibility index (Phi) is 5.43. The van der Waals surface area contributed by atoms with Gasteiger partial charge in [0.2, 0.25) is 5.91 Å². The molecule has 1 aromatic heterocycles. The smallest absolute Gasteiger partial charge is 0.229 e. The summed E-state index contributed by atoms with van der Waals surface area (Å²) in [6.45, 7) is 5.30. The Balaban J connectivity index is 2.06. The summed E-state index contributed by atoms with van der Waals surface area (Å²) < 4.78 is 25.8. The Bertz CT molecular complexity index is 821. The summed E-state index contributed by atoms with van der Waals surface area (Å²) in [5, 5.41) is 6.63. The van der Waals surface area contributed by atoms with Crippen molar-refractivity contribution in [2.24, 2.45) is 7.05 Å². The average Bonchev–Trinajstić information content (AvgIpc) is 2.87. The molecule has 0 fully saturated rings. The topological polar surface area (TPSA) is 81.1 Å². The largest absolute Gasteiger partial charge is 0.311 e. The van der Waals surface area contributed by atoms with Crippen LogP contribution in [0.2, 0.25) is 0 Å². The Morgan fingerprint density at radius 1 is 1.25 bits per heavy atom. The second kappa shape index (κ2) is 7.17. The molecule has 1 heterocycles. The predicted octanol–water partition coefficient (Wildman–Crippen LogP) is 2.35.